The van der Waals surface area contributed by atoms with Gasteiger partial charge in [0.05, 0.1) is 0 Å². The maximum Gasteiger partial charge on any atom is 0.129 e. The van der Waals surface area contributed by atoms with Gasteiger partial charge in [-0.3, -0.25) is 0 Å². The molecule has 3 heteroatoms. The fraction of sp³-hybridized carbons (Fsp3) is 0.538. The molecule has 0 aliphatic heterocycles. The van der Waals surface area contributed by atoms with Crippen LogP contribution in [0.15, 0.2) is 18.2 Å². The molecule has 0 N–H and O–H groups in total. The summed E-state index contributed by atoms with van der Waals surface area (Å²) in [5.74, 6) is -0.317. The molecule has 0 aliphatic rings. The van der Waals surface area contributed by atoms with Gasteiger partial charge in [0.25, 0.3) is 0 Å². The van der Waals surface area contributed by atoms with Crippen LogP contribution in [0.5, 0.6) is 0 Å². The van der Waals surface area contributed by atoms with Crippen molar-refractivity contribution < 1.29 is 8.78 Å². The molecule has 0 radical (unpaired) electrons. The molecule has 0 aliphatic carbocycles. The molecule has 0 saturated heterocycles. The predicted octanol–water partition coefficient (Wildman–Crippen LogP) is 4.41. The molecular weight excluding hydrogens is 230 g/mol. The molecule has 0 nitrogen and oxygen atoms in total. The summed E-state index contributed by atoms with van der Waals surface area (Å²) >= 11 is 6.21. The highest BCUT2D eigenvalue weighted by atomic mass is 35.5. The van der Waals surface area contributed by atoms with Crippen LogP contribution in [0, 0.1) is 23.5 Å². The quantitative estimate of drug-likeness (QED) is 0.691. The van der Waals surface area contributed by atoms with Crippen molar-refractivity contribution in [3.8, 4) is 0 Å². The number of rotatable bonds is 4. The number of benzene rings is 1. The maximum atomic E-state index is 13.4. The number of alkyl halides is 1. The van der Waals surface area contributed by atoms with Crippen molar-refractivity contribution in [1.82, 2.24) is 0 Å². The molecule has 1 aromatic rings. The lowest BCUT2D eigenvalue weighted by molar-refractivity contribution is 0.396. The highest BCUT2D eigenvalue weighted by molar-refractivity contribution is 6.20. The van der Waals surface area contributed by atoms with Crippen molar-refractivity contribution in [2.75, 3.05) is 0 Å². The van der Waals surface area contributed by atoms with Gasteiger partial charge in [-0.1, -0.05) is 26.8 Å². The van der Waals surface area contributed by atoms with Crippen molar-refractivity contribution in [1.29, 1.82) is 0 Å². The second-order valence-corrected chi connectivity index (χ2v) is 5.12. The van der Waals surface area contributed by atoms with E-state index in [0.29, 0.717) is 23.8 Å². The van der Waals surface area contributed by atoms with E-state index in [-0.39, 0.29) is 5.38 Å². The fourth-order valence-corrected chi connectivity index (χ4v) is 1.96. The molecule has 0 heterocycles. The predicted molar refractivity (Wildman–Crippen MR) is 63.7 cm³/mol. The van der Waals surface area contributed by atoms with Gasteiger partial charge in [0.1, 0.15) is 11.6 Å². The van der Waals surface area contributed by atoms with Crippen molar-refractivity contribution in [2.24, 2.45) is 11.8 Å². The van der Waals surface area contributed by atoms with Crippen molar-refractivity contribution in [3.63, 3.8) is 0 Å². The summed E-state index contributed by atoms with van der Waals surface area (Å²) in [5, 5.41) is -0.125. The average molecular weight is 247 g/mol. The third kappa shape index (κ3) is 3.44. The highest BCUT2D eigenvalue weighted by Gasteiger charge is 2.19. The first-order chi connectivity index (χ1) is 7.41. The summed E-state index contributed by atoms with van der Waals surface area (Å²) in [6.07, 6.45) is 0.438. The van der Waals surface area contributed by atoms with Crippen LogP contribution >= 0.6 is 11.6 Å². The number of hydrogen-bond acceptors (Lipinski definition) is 0. The van der Waals surface area contributed by atoms with Gasteiger partial charge in [-0.25, -0.2) is 8.78 Å². The summed E-state index contributed by atoms with van der Waals surface area (Å²) in [7, 11) is 0. The van der Waals surface area contributed by atoms with E-state index < -0.39 is 11.6 Å². The largest absolute Gasteiger partial charge is 0.207 e. The Morgan fingerprint density at radius 2 is 1.81 bits per heavy atom. The first kappa shape index (κ1) is 13.4. The standard InChI is InChI=1S/C13H17ClF2/c1-8(2)9(3)12(14)6-10-4-5-11(15)7-13(10)16/h4-5,7-9,12H,6H2,1-3H3. The zero-order valence-corrected chi connectivity index (χ0v) is 10.6. The Labute approximate surface area is 101 Å². The zero-order chi connectivity index (χ0) is 12.3. The molecule has 0 aromatic heterocycles. The Hall–Kier alpha value is -0.630. The SMILES string of the molecule is CC(C)C(C)C(Cl)Cc1ccc(F)cc1F. The van der Waals surface area contributed by atoms with Gasteiger partial charge in [-0.05, 0) is 29.9 Å². The van der Waals surface area contributed by atoms with Crippen LogP contribution in [0.4, 0.5) is 8.78 Å². The lowest BCUT2D eigenvalue weighted by Crippen LogP contribution is -2.20. The van der Waals surface area contributed by atoms with Gasteiger partial charge < -0.3 is 0 Å². The number of halogens is 3. The Morgan fingerprint density at radius 3 is 2.31 bits per heavy atom. The Kier molecular flexibility index (Phi) is 4.72. The molecule has 90 valence electrons. The van der Waals surface area contributed by atoms with Crippen LogP contribution in [-0.2, 0) is 6.42 Å². The van der Waals surface area contributed by atoms with E-state index in [1.807, 2.05) is 6.92 Å². The van der Waals surface area contributed by atoms with E-state index >= 15 is 0 Å². The van der Waals surface area contributed by atoms with Crippen molar-refractivity contribution >= 4 is 11.6 Å². The minimum absolute atomic E-state index is 0.125. The van der Waals surface area contributed by atoms with E-state index in [1.54, 1.807) is 0 Å². The summed E-state index contributed by atoms with van der Waals surface area (Å²) in [6.45, 7) is 6.21. The lowest BCUT2D eigenvalue weighted by atomic mass is 9.91. The zero-order valence-electron chi connectivity index (χ0n) is 9.81. The molecule has 0 spiro atoms. The third-order valence-electron chi connectivity index (χ3n) is 3.05. The van der Waals surface area contributed by atoms with Crippen LogP contribution in [0.25, 0.3) is 0 Å². The van der Waals surface area contributed by atoms with Gasteiger partial charge in [0.15, 0.2) is 0 Å². The van der Waals surface area contributed by atoms with E-state index in [9.17, 15) is 8.78 Å². The monoisotopic (exact) mass is 246 g/mol. The molecule has 0 saturated carbocycles. The van der Waals surface area contributed by atoms with Crippen molar-refractivity contribution in [2.45, 2.75) is 32.6 Å². The lowest BCUT2D eigenvalue weighted by Gasteiger charge is -2.21. The smallest absolute Gasteiger partial charge is 0.129 e. The highest BCUT2D eigenvalue weighted by Crippen LogP contribution is 2.24. The van der Waals surface area contributed by atoms with Crippen LogP contribution in [-0.4, -0.2) is 5.38 Å². The van der Waals surface area contributed by atoms with Gasteiger partial charge in [0.2, 0.25) is 0 Å². The third-order valence-corrected chi connectivity index (χ3v) is 3.60. The van der Waals surface area contributed by atoms with Gasteiger partial charge in [0, 0.05) is 11.4 Å². The minimum atomic E-state index is -0.552. The first-order valence-electron chi connectivity index (χ1n) is 5.49. The molecule has 16 heavy (non-hydrogen) atoms. The second kappa shape index (κ2) is 5.62. The van der Waals surface area contributed by atoms with Crippen LogP contribution in [0.3, 0.4) is 0 Å². The van der Waals surface area contributed by atoms with E-state index in [0.717, 1.165) is 6.07 Å². The van der Waals surface area contributed by atoms with E-state index in [4.69, 9.17) is 11.6 Å². The Morgan fingerprint density at radius 1 is 1.19 bits per heavy atom. The molecule has 0 fully saturated rings. The average Bonchev–Trinajstić information content (AvgIpc) is 2.20. The van der Waals surface area contributed by atoms with Crippen LogP contribution < -0.4 is 0 Å². The maximum absolute atomic E-state index is 13.4. The van der Waals surface area contributed by atoms with Gasteiger partial charge >= 0.3 is 0 Å². The summed E-state index contributed by atoms with van der Waals surface area (Å²) in [6, 6.07) is 3.63. The van der Waals surface area contributed by atoms with Gasteiger partial charge in [-0.2, -0.15) is 0 Å². The molecule has 1 aromatic carbocycles. The first-order valence-corrected chi connectivity index (χ1v) is 5.93. The molecule has 0 bridgehead atoms. The Balaban J connectivity index is 2.73. The van der Waals surface area contributed by atoms with Crippen LogP contribution in [0.1, 0.15) is 26.3 Å². The molecule has 2 unspecified atom stereocenters. The molecule has 0 amide bonds. The molecule has 1 rings (SSSR count). The molecule has 2 atom stereocenters. The Bertz CT molecular complexity index is 350. The van der Waals surface area contributed by atoms with E-state index in [2.05, 4.69) is 13.8 Å². The minimum Gasteiger partial charge on any atom is -0.207 e. The topological polar surface area (TPSA) is 0 Å². The second-order valence-electron chi connectivity index (χ2n) is 4.56. The fourth-order valence-electron chi connectivity index (χ4n) is 1.50. The molecular formula is C13H17ClF2. The van der Waals surface area contributed by atoms with Crippen molar-refractivity contribution in [3.05, 3.63) is 35.4 Å². The van der Waals surface area contributed by atoms with Gasteiger partial charge in [-0.15, -0.1) is 11.6 Å². The summed E-state index contributed by atoms with van der Waals surface area (Å²) in [4.78, 5) is 0. The normalized spacial score (nSPS) is 15.2. The van der Waals surface area contributed by atoms with Crippen LogP contribution in [0.2, 0.25) is 0 Å². The summed E-state index contributed by atoms with van der Waals surface area (Å²) < 4.78 is 26.1. The number of hydrogen-bond donors (Lipinski definition) is 0. The summed E-state index contributed by atoms with van der Waals surface area (Å²) in [5.41, 5.74) is 0.480. The van der Waals surface area contributed by atoms with E-state index in [1.165, 1.54) is 12.1 Å².